The average molecular weight is 224 g/mol. The highest BCUT2D eigenvalue weighted by Gasteiger charge is 2.08. The van der Waals surface area contributed by atoms with Crippen LogP contribution in [0.4, 0.5) is 0 Å². The van der Waals surface area contributed by atoms with Gasteiger partial charge in [0.05, 0.1) is 0 Å². The van der Waals surface area contributed by atoms with Gasteiger partial charge in [-0.15, -0.1) is 0 Å². The smallest absolute Gasteiger partial charge is 0.330 e. The third kappa shape index (κ3) is 4.79. The van der Waals surface area contributed by atoms with Gasteiger partial charge >= 0.3 is 5.97 Å². The highest BCUT2D eigenvalue weighted by atomic mass is 16.5. The van der Waals surface area contributed by atoms with Gasteiger partial charge in [0.1, 0.15) is 25.1 Å². The van der Waals surface area contributed by atoms with Crippen LogP contribution in [0, 0.1) is 0 Å². The first kappa shape index (κ1) is 12.5. The van der Waals surface area contributed by atoms with Crippen molar-refractivity contribution in [3.05, 3.63) is 36.6 Å². The monoisotopic (exact) mass is 224 g/mol. The van der Waals surface area contributed by atoms with Crippen LogP contribution in [0.3, 0.4) is 0 Å². The number of ether oxygens (including phenoxy) is 2. The highest BCUT2D eigenvalue weighted by molar-refractivity contribution is 5.81. The Morgan fingerprint density at radius 1 is 1.56 bits per heavy atom. The molecule has 88 valence electrons. The zero-order chi connectivity index (χ0) is 11.8. The van der Waals surface area contributed by atoms with Gasteiger partial charge in [-0.25, -0.2) is 4.79 Å². The van der Waals surface area contributed by atoms with Crippen LogP contribution < -0.4 is 0 Å². The molecule has 0 aliphatic heterocycles. The fourth-order valence-electron chi connectivity index (χ4n) is 1.17. The van der Waals surface area contributed by atoms with Gasteiger partial charge in [0.2, 0.25) is 0 Å². The fraction of sp³-hybridized carbons (Fsp3) is 0.417. The number of aliphatic hydroxyl groups is 1. The molecule has 1 aliphatic rings. The minimum Gasteiger partial charge on any atom is -0.491 e. The number of carbonyl (C=O) groups excluding carboxylic acids is 1. The van der Waals surface area contributed by atoms with Gasteiger partial charge in [-0.3, -0.25) is 0 Å². The van der Waals surface area contributed by atoms with Crippen LogP contribution in [0.15, 0.2) is 36.6 Å². The standard InChI is InChI=1S/C12H16O4/c1-2-12(14)16-9-10(13)8-15-11-6-4-3-5-7-11/h2,4,6-7,10,13H,1,3,5,8-9H2. The summed E-state index contributed by atoms with van der Waals surface area (Å²) in [6, 6.07) is 0. The van der Waals surface area contributed by atoms with E-state index in [-0.39, 0.29) is 13.2 Å². The molecule has 0 saturated heterocycles. The molecule has 16 heavy (non-hydrogen) atoms. The van der Waals surface area contributed by atoms with E-state index in [2.05, 4.69) is 11.3 Å². The number of esters is 1. The molecule has 0 radical (unpaired) electrons. The largest absolute Gasteiger partial charge is 0.491 e. The van der Waals surface area contributed by atoms with Crippen LogP contribution in [-0.4, -0.2) is 30.4 Å². The topological polar surface area (TPSA) is 55.8 Å². The zero-order valence-corrected chi connectivity index (χ0v) is 9.09. The summed E-state index contributed by atoms with van der Waals surface area (Å²) in [7, 11) is 0. The predicted molar refractivity (Wildman–Crippen MR) is 59.6 cm³/mol. The number of hydrogen-bond donors (Lipinski definition) is 1. The van der Waals surface area contributed by atoms with Gasteiger partial charge in [0, 0.05) is 6.08 Å². The second-order valence-corrected chi connectivity index (χ2v) is 3.39. The normalized spacial score (nSPS) is 16.2. The lowest BCUT2D eigenvalue weighted by molar-refractivity contribution is -0.141. The molecule has 0 amide bonds. The van der Waals surface area contributed by atoms with Crippen LogP contribution in [0.25, 0.3) is 0 Å². The van der Waals surface area contributed by atoms with E-state index >= 15 is 0 Å². The van der Waals surface area contributed by atoms with Gasteiger partial charge < -0.3 is 14.6 Å². The number of carbonyl (C=O) groups is 1. The maximum atomic E-state index is 10.7. The van der Waals surface area contributed by atoms with Crippen molar-refractivity contribution >= 4 is 5.97 Å². The van der Waals surface area contributed by atoms with Crippen molar-refractivity contribution in [2.45, 2.75) is 18.9 Å². The maximum absolute atomic E-state index is 10.7. The molecule has 4 nitrogen and oxygen atoms in total. The highest BCUT2D eigenvalue weighted by Crippen LogP contribution is 2.10. The third-order valence-corrected chi connectivity index (χ3v) is 1.99. The molecular formula is C12H16O4. The molecule has 0 fully saturated rings. The summed E-state index contributed by atoms with van der Waals surface area (Å²) < 4.78 is 9.99. The van der Waals surface area contributed by atoms with Crippen LogP contribution in [-0.2, 0) is 14.3 Å². The molecule has 1 rings (SSSR count). The van der Waals surface area contributed by atoms with E-state index in [1.807, 2.05) is 18.2 Å². The Morgan fingerprint density at radius 2 is 2.38 bits per heavy atom. The lowest BCUT2D eigenvalue weighted by Crippen LogP contribution is -2.23. The van der Waals surface area contributed by atoms with Crippen LogP contribution in [0.2, 0.25) is 0 Å². The Bertz CT molecular complexity index is 304. The minimum absolute atomic E-state index is 0.0815. The molecule has 0 aromatic rings. The molecule has 0 aromatic heterocycles. The third-order valence-electron chi connectivity index (χ3n) is 1.99. The van der Waals surface area contributed by atoms with Crippen molar-refractivity contribution in [2.75, 3.05) is 13.2 Å². The molecule has 0 bridgehead atoms. The first-order valence-electron chi connectivity index (χ1n) is 5.19. The zero-order valence-electron chi connectivity index (χ0n) is 9.09. The summed E-state index contributed by atoms with van der Waals surface area (Å²) in [6.45, 7) is 3.28. The van der Waals surface area contributed by atoms with E-state index in [0.29, 0.717) is 0 Å². The quantitative estimate of drug-likeness (QED) is 0.546. The van der Waals surface area contributed by atoms with Crippen LogP contribution in [0.1, 0.15) is 12.8 Å². The van der Waals surface area contributed by atoms with Crippen molar-refractivity contribution < 1.29 is 19.4 Å². The van der Waals surface area contributed by atoms with E-state index in [9.17, 15) is 9.90 Å². The Balaban J connectivity index is 2.16. The summed E-state index contributed by atoms with van der Waals surface area (Å²) in [5, 5.41) is 9.44. The second kappa shape index (κ2) is 6.85. The Morgan fingerprint density at radius 3 is 3.00 bits per heavy atom. The Kier molecular flexibility index (Phi) is 5.36. The van der Waals surface area contributed by atoms with Crippen molar-refractivity contribution in [1.82, 2.24) is 0 Å². The molecule has 1 unspecified atom stereocenters. The molecule has 1 aliphatic carbocycles. The van der Waals surface area contributed by atoms with Gasteiger partial charge in [0.25, 0.3) is 0 Å². The first-order chi connectivity index (χ1) is 7.72. The second-order valence-electron chi connectivity index (χ2n) is 3.39. The van der Waals surface area contributed by atoms with Crippen molar-refractivity contribution in [2.24, 2.45) is 0 Å². The summed E-state index contributed by atoms with van der Waals surface area (Å²) >= 11 is 0. The lowest BCUT2D eigenvalue weighted by Gasteiger charge is -2.14. The number of hydrogen-bond acceptors (Lipinski definition) is 4. The van der Waals surface area contributed by atoms with E-state index in [0.717, 1.165) is 24.7 Å². The SMILES string of the molecule is C=CC(=O)OCC(O)COC1=CCCC=C1. The lowest BCUT2D eigenvalue weighted by atomic mass is 10.2. The number of rotatable bonds is 6. The molecular weight excluding hydrogens is 208 g/mol. The van der Waals surface area contributed by atoms with Crippen LogP contribution in [0.5, 0.6) is 0 Å². The molecule has 0 heterocycles. The van der Waals surface area contributed by atoms with Crippen molar-refractivity contribution in [3.63, 3.8) is 0 Å². The summed E-state index contributed by atoms with van der Waals surface area (Å²) in [5.74, 6) is 0.205. The predicted octanol–water partition coefficient (Wildman–Crippen LogP) is 1.33. The summed E-state index contributed by atoms with van der Waals surface area (Å²) in [5.41, 5.74) is 0. The first-order valence-corrected chi connectivity index (χ1v) is 5.19. The number of aliphatic hydroxyl groups excluding tert-OH is 1. The van der Waals surface area contributed by atoms with Crippen molar-refractivity contribution in [3.8, 4) is 0 Å². The van der Waals surface area contributed by atoms with Gasteiger partial charge in [-0.05, 0) is 25.0 Å². The molecule has 1 N–H and O–H groups in total. The minimum atomic E-state index is -0.819. The van der Waals surface area contributed by atoms with Gasteiger partial charge in [0.15, 0.2) is 0 Å². The Hall–Kier alpha value is -1.55. The van der Waals surface area contributed by atoms with E-state index in [1.54, 1.807) is 0 Å². The Labute approximate surface area is 94.9 Å². The summed E-state index contributed by atoms with van der Waals surface area (Å²) in [6.07, 6.45) is 8.05. The molecule has 0 spiro atoms. The van der Waals surface area contributed by atoms with Gasteiger partial charge in [-0.2, -0.15) is 0 Å². The van der Waals surface area contributed by atoms with Gasteiger partial charge in [-0.1, -0.05) is 12.7 Å². The maximum Gasteiger partial charge on any atom is 0.330 e. The molecule has 0 saturated carbocycles. The fourth-order valence-corrected chi connectivity index (χ4v) is 1.17. The number of allylic oxidation sites excluding steroid dienone is 3. The molecule has 1 atom stereocenters. The van der Waals surface area contributed by atoms with E-state index in [4.69, 9.17) is 4.74 Å². The van der Waals surface area contributed by atoms with E-state index < -0.39 is 12.1 Å². The molecule has 4 heteroatoms. The van der Waals surface area contributed by atoms with Crippen molar-refractivity contribution in [1.29, 1.82) is 0 Å². The molecule has 0 aromatic carbocycles. The van der Waals surface area contributed by atoms with E-state index in [1.165, 1.54) is 0 Å². The average Bonchev–Trinajstić information content (AvgIpc) is 2.34. The summed E-state index contributed by atoms with van der Waals surface area (Å²) in [4.78, 5) is 10.7. The van der Waals surface area contributed by atoms with Crippen LogP contribution >= 0.6 is 0 Å².